The average Bonchev–Trinajstić information content (AvgIpc) is 3.18. The zero-order valence-electron chi connectivity index (χ0n) is 23.3. The zero-order chi connectivity index (χ0) is 29.1. The number of aliphatic hydroxyl groups is 1. The summed E-state index contributed by atoms with van der Waals surface area (Å²) in [6.45, 7) is 6.42. The number of aliphatic hydroxyl groups excluding tert-OH is 1. The van der Waals surface area contributed by atoms with Crippen LogP contribution in [0.1, 0.15) is 55.0 Å². The third-order valence-corrected chi connectivity index (χ3v) is 6.94. The molecule has 0 bridgehead atoms. The molecule has 4 rings (SSSR count). The number of hydrogen-bond acceptors (Lipinski definition) is 6. The Kier molecular flexibility index (Phi) is 8.28. The van der Waals surface area contributed by atoms with E-state index in [2.05, 4.69) is 0 Å². The van der Waals surface area contributed by atoms with Crippen LogP contribution in [0.5, 0.6) is 5.75 Å². The van der Waals surface area contributed by atoms with Crippen LogP contribution >= 0.6 is 0 Å². The molecule has 208 valence electrons. The minimum absolute atomic E-state index is 0.0175. The van der Waals surface area contributed by atoms with Crippen molar-refractivity contribution in [2.75, 3.05) is 30.5 Å². The molecular weight excluding hydrogens is 508 g/mol. The smallest absolute Gasteiger partial charge is 0.307 e. The summed E-state index contributed by atoms with van der Waals surface area (Å²) in [5.41, 5.74) is 3.85. The summed E-state index contributed by atoms with van der Waals surface area (Å²) >= 11 is 0. The summed E-state index contributed by atoms with van der Waals surface area (Å²) < 4.78 is 5.76. The lowest BCUT2D eigenvalue weighted by Gasteiger charge is -2.26. The van der Waals surface area contributed by atoms with Gasteiger partial charge in [0, 0.05) is 31.0 Å². The molecule has 1 saturated heterocycles. The normalized spacial score (nSPS) is 16.4. The quantitative estimate of drug-likeness (QED) is 0.208. The SMILES string of the molecule is CCOc1ccc(/C(O)=C2/C(=O)C(=O)N(c3ccc(CC(=O)O)cc3)C2c2ccc(N(C)C)cc2)cc1C(C)C. The number of carbonyl (C=O) groups is 3. The number of carboxylic acid groups (broad SMARTS) is 1. The predicted molar refractivity (Wildman–Crippen MR) is 155 cm³/mol. The predicted octanol–water partition coefficient (Wildman–Crippen LogP) is 5.53. The largest absolute Gasteiger partial charge is 0.507 e. The Morgan fingerprint density at radius 2 is 1.62 bits per heavy atom. The van der Waals surface area contributed by atoms with E-state index in [1.54, 1.807) is 42.5 Å². The molecule has 0 saturated carbocycles. The number of carboxylic acids is 1. The van der Waals surface area contributed by atoms with Crippen LogP contribution in [0.3, 0.4) is 0 Å². The summed E-state index contributed by atoms with van der Waals surface area (Å²) in [4.78, 5) is 41.5. The fraction of sp³-hybridized carbons (Fsp3) is 0.281. The van der Waals surface area contributed by atoms with Gasteiger partial charge in [-0.15, -0.1) is 0 Å². The summed E-state index contributed by atoms with van der Waals surface area (Å²) in [5, 5.41) is 20.7. The van der Waals surface area contributed by atoms with Gasteiger partial charge in [0.1, 0.15) is 11.5 Å². The van der Waals surface area contributed by atoms with Crippen LogP contribution in [0.4, 0.5) is 11.4 Å². The third-order valence-electron chi connectivity index (χ3n) is 6.94. The number of hydrogen-bond donors (Lipinski definition) is 2. The number of aliphatic carboxylic acids is 1. The monoisotopic (exact) mass is 542 g/mol. The molecule has 1 aliphatic rings. The molecule has 1 aliphatic heterocycles. The molecule has 1 heterocycles. The van der Waals surface area contributed by atoms with Gasteiger partial charge in [-0.3, -0.25) is 19.3 Å². The summed E-state index contributed by atoms with van der Waals surface area (Å²) in [7, 11) is 3.83. The number of carbonyl (C=O) groups excluding carboxylic acids is 2. The standard InChI is InChI=1S/C32H34N2O6/c1-6-40-26-16-11-22(18-25(26)19(2)3)30(37)28-29(21-9-14-23(15-10-21)33(4)5)34(32(39)31(28)38)24-12-7-20(8-13-24)17-27(35)36/h7-16,18-19,29,37H,6,17H2,1-5H3,(H,35,36)/b30-28-. The fourth-order valence-electron chi connectivity index (χ4n) is 4.91. The lowest BCUT2D eigenvalue weighted by atomic mass is 9.93. The molecule has 3 aromatic carbocycles. The molecule has 1 amide bonds. The second-order valence-corrected chi connectivity index (χ2v) is 10.2. The van der Waals surface area contributed by atoms with Gasteiger partial charge in [-0.25, -0.2) is 0 Å². The maximum atomic E-state index is 13.5. The molecule has 0 spiro atoms. The van der Waals surface area contributed by atoms with Crippen molar-refractivity contribution in [3.8, 4) is 5.75 Å². The Bertz CT molecular complexity index is 1460. The lowest BCUT2D eigenvalue weighted by molar-refractivity contribution is -0.136. The molecule has 0 aromatic heterocycles. The molecule has 0 radical (unpaired) electrons. The highest BCUT2D eigenvalue weighted by molar-refractivity contribution is 6.51. The van der Waals surface area contributed by atoms with Crippen molar-refractivity contribution < 1.29 is 29.3 Å². The Labute approximate surface area is 234 Å². The van der Waals surface area contributed by atoms with Gasteiger partial charge in [0.05, 0.1) is 24.6 Å². The Hall–Kier alpha value is -4.59. The van der Waals surface area contributed by atoms with Crippen LogP contribution in [0.15, 0.2) is 72.3 Å². The van der Waals surface area contributed by atoms with Crippen LogP contribution in [0.2, 0.25) is 0 Å². The topological polar surface area (TPSA) is 107 Å². The number of nitrogens with zero attached hydrogens (tertiary/aromatic N) is 2. The highest BCUT2D eigenvalue weighted by Gasteiger charge is 2.47. The molecule has 8 nitrogen and oxygen atoms in total. The molecule has 3 aromatic rings. The van der Waals surface area contributed by atoms with E-state index >= 15 is 0 Å². The van der Waals surface area contributed by atoms with E-state index < -0.39 is 23.7 Å². The van der Waals surface area contributed by atoms with Crippen molar-refractivity contribution in [2.24, 2.45) is 0 Å². The first-order valence-electron chi connectivity index (χ1n) is 13.2. The summed E-state index contributed by atoms with van der Waals surface area (Å²) in [5.74, 6) is -2.01. The Morgan fingerprint density at radius 1 is 0.975 bits per heavy atom. The van der Waals surface area contributed by atoms with Crippen LogP contribution in [-0.2, 0) is 20.8 Å². The van der Waals surface area contributed by atoms with E-state index in [0.717, 1.165) is 11.3 Å². The Balaban J connectivity index is 1.89. The number of ether oxygens (including phenoxy) is 1. The van der Waals surface area contributed by atoms with Gasteiger partial charge >= 0.3 is 5.97 Å². The first-order chi connectivity index (χ1) is 19.0. The third kappa shape index (κ3) is 5.57. The highest BCUT2D eigenvalue weighted by Crippen LogP contribution is 2.43. The van der Waals surface area contributed by atoms with E-state index in [9.17, 15) is 19.5 Å². The molecule has 8 heteroatoms. The molecule has 0 aliphatic carbocycles. The molecule has 1 fully saturated rings. The second-order valence-electron chi connectivity index (χ2n) is 10.2. The van der Waals surface area contributed by atoms with Crippen molar-refractivity contribution in [1.82, 2.24) is 0 Å². The van der Waals surface area contributed by atoms with Gasteiger partial charge in [0.25, 0.3) is 11.7 Å². The van der Waals surface area contributed by atoms with Crippen LogP contribution in [-0.4, -0.2) is 48.6 Å². The van der Waals surface area contributed by atoms with Gasteiger partial charge in [0.15, 0.2) is 0 Å². The van der Waals surface area contributed by atoms with Crippen LogP contribution in [0.25, 0.3) is 5.76 Å². The van der Waals surface area contributed by atoms with Crippen LogP contribution in [0, 0.1) is 0 Å². The molecular formula is C32H34N2O6. The molecule has 2 N–H and O–H groups in total. The van der Waals surface area contributed by atoms with Crippen molar-refractivity contribution in [3.05, 3.63) is 94.6 Å². The molecule has 40 heavy (non-hydrogen) atoms. The number of anilines is 2. The maximum Gasteiger partial charge on any atom is 0.307 e. The van der Waals surface area contributed by atoms with E-state index in [-0.39, 0.29) is 23.7 Å². The van der Waals surface area contributed by atoms with Gasteiger partial charge < -0.3 is 19.8 Å². The molecule has 1 unspecified atom stereocenters. The van der Waals surface area contributed by atoms with Crippen molar-refractivity contribution in [3.63, 3.8) is 0 Å². The summed E-state index contributed by atoms with van der Waals surface area (Å²) in [6.07, 6.45) is -0.162. The fourth-order valence-corrected chi connectivity index (χ4v) is 4.91. The number of Topliss-reactive ketones (excluding diaryl/α,β-unsaturated/α-hetero) is 1. The average molecular weight is 543 g/mol. The van der Waals surface area contributed by atoms with Crippen molar-refractivity contribution >= 4 is 34.8 Å². The van der Waals surface area contributed by atoms with Gasteiger partial charge in [-0.2, -0.15) is 0 Å². The van der Waals surface area contributed by atoms with E-state index in [1.165, 1.54) is 4.90 Å². The number of ketones is 1. The first kappa shape index (κ1) is 28.4. The number of amides is 1. The Morgan fingerprint density at radius 3 is 2.17 bits per heavy atom. The van der Waals surface area contributed by atoms with Gasteiger partial charge in [0.2, 0.25) is 0 Å². The minimum atomic E-state index is -0.967. The van der Waals surface area contributed by atoms with E-state index in [1.807, 2.05) is 64.0 Å². The number of benzene rings is 3. The van der Waals surface area contributed by atoms with Gasteiger partial charge in [-0.05, 0) is 72.0 Å². The number of rotatable bonds is 9. The van der Waals surface area contributed by atoms with Crippen molar-refractivity contribution in [1.29, 1.82) is 0 Å². The molecule has 1 atom stereocenters. The first-order valence-corrected chi connectivity index (χ1v) is 13.2. The second kappa shape index (κ2) is 11.7. The van der Waals surface area contributed by atoms with Gasteiger partial charge in [-0.1, -0.05) is 38.1 Å². The van der Waals surface area contributed by atoms with E-state index in [4.69, 9.17) is 9.84 Å². The highest BCUT2D eigenvalue weighted by atomic mass is 16.5. The van der Waals surface area contributed by atoms with E-state index in [0.29, 0.717) is 34.7 Å². The van der Waals surface area contributed by atoms with Crippen molar-refractivity contribution in [2.45, 2.75) is 39.2 Å². The van der Waals surface area contributed by atoms with Crippen LogP contribution < -0.4 is 14.5 Å². The zero-order valence-corrected chi connectivity index (χ0v) is 23.3. The summed E-state index contributed by atoms with van der Waals surface area (Å²) in [6, 6.07) is 18.3. The lowest BCUT2D eigenvalue weighted by Crippen LogP contribution is -2.29. The minimum Gasteiger partial charge on any atom is -0.507 e. The maximum absolute atomic E-state index is 13.5.